The summed E-state index contributed by atoms with van der Waals surface area (Å²) in [6.07, 6.45) is 2.19. The monoisotopic (exact) mass is 444 g/mol. The van der Waals surface area contributed by atoms with Gasteiger partial charge in [-0.3, -0.25) is 14.5 Å². The second-order valence-corrected chi connectivity index (χ2v) is 10.6. The largest absolute Gasteiger partial charge is 0.458 e. The van der Waals surface area contributed by atoms with E-state index in [9.17, 15) is 14.4 Å². The van der Waals surface area contributed by atoms with E-state index < -0.39 is 17.5 Å². The fraction of sp³-hybridized carbons (Fsp3) is 0.545. The number of thiazole rings is 1. The molecule has 1 spiro atoms. The van der Waals surface area contributed by atoms with E-state index in [1.807, 2.05) is 18.4 Å². The lowest BCUT2D eigenvalue weighted by atomic mass is 9.64. The Hall–Kier alpha value is -2.68. The van der Waals surface area contributed by atoms with Gasteiger partial charge in [0, 0.05) is 5.38 Å². The summed E-state index contributed by atoms with van der Waals surface area (Å²) < 4.78 is 5.74. The van der Waals surface area contributed by atoms with Crippen molar-refractivity contribution in [3.05, 3.63) is 28.3 Å². The van der Waals surface area contributed by atoms with Crippen molar-refractivity contribution in [3.8, 4) is 11.5 Å². The highest BCUT2D eigenvalue weighted by atomic mass is 32.1. The fourth-order valence-electron chi connectivity index (χ4n) is 5.12. The lowest BCUT2D eigenvalue weighted by Gasteiger charge is -2.43. The number of amides is 4. The normalized spacial score (nSPS) is 25.2. The highest BCUT2D eigenvalue weighted by molar-refractivity contribution is 7.09. The molecule has 2 aromatic rings. The minimum Gasteiger partial charge on any atom is -0.458 e. The molecule has 2 aliphatic rings. The van der Waals surface area contributed by atoms with Crippen molar-refractivity contribution in [2.75, 3.05) is 6.54 Å². The van der Waals surface area contributed by atoms with Crippen molar-refractivity contribution >= 4 is 29.2 Å². The molecule has 166 valence electrons. The van der Waals surface area contributed by atoms with Crippen LogP contribution in [0.3, 0.4) is 0 Å². The number of nitrogens with zero attached hydrogens (tertiary/aromatic N) is 2. The van der Waals surface area contributed by atoms with Gasteiger partial charge in [-0.05, 0) is 49.7 Å². The summed E-state index contributed by atoms with van der Waals surface area (Å²) in [6.45, 7) is 8.11. The Balaban J connectivity index is 1.36. The number of hydrogen-bond donors (Lipinski definition) is 2. The SMILES string of the molecule is Cc1nc(-c2ccc(CNC(=O)CN3C(=O)NC4(CC(C)CC(C)(C)C4)C3=O)o2)cs1. The average molecular weight is 445 g/mol. The van der Waals surface area contributed by atoms with Crippen molar-refractivity contribution in [1.29, 1.82) is 0 Å². The second kappa shape index (κ2) is 7.78. The van der Waals surface area contributed by atoms with Gasteiger partial charge in [-0.1, -0.05) is 20.8 Å². The highest BCUT2D eigenvalue weighted by Crippen LogP contribution is 2.46. The minimum atomic E-state index is -0.903. The second-order valence-electron chi connectivity index (χ2n) is 9.55. The molecule has 2 aromatic heterocycles. The number of aryl methyl sites for hydroxylation is 1. The number of carbonyl (C=O) groups is 3. The van der Waals surface area contributed by atoms with Crippen LogP contribution in [0.2, 0.25) is 0 Å². The van der Waals surface area contributed by atoms with Crippen LogP contribution >= 0.6 is 11.3 Å². The van der Waals surface area contributed by atoms with Gasteiger partial charge in [0.25, 0.3) is 5.91 Å². The third kappa shape index (κ3) is 4.37. The van der Waals surface area contributed by atoms with Gasteiger partial charge in [-0.25, -0.2) is 9.78 Å². The Labute approximate surface area is 185 Å². The number of hydrogen-bond acceptors (Lipinski definition) is 6. The van der Waals surface area contributed by atoms with Crippen molar-refractivity contribution in [2.24, 2.45) is 11.3 Å². The summed E-state index contributed by atoms with van der Waals surface area (Å²) in [4.78, 5) is 43.6. The van der Waals surface area contributed by atoms with E-state index in [2.05, 4.69) is 36.4 Å². The highest BCUT2D eigenvalue weighted by Gasteiger charge is 2.56. The Morgan fingerprint density at radius 3 is 2.81 bits per heavy atom. The molecule has 1 aliphatic carbocycles. The molecule has 4 rings (SSSR count). The Morgan fingerprint density at radius 2 is 2.13 bits per heavy atom. The summed E-state index contributed by atoms with van der Waals surface area (Å²) in [6, 6.07) is 3.09. The van der Waals surface area contributed by atoms with Gasteiger partial charge in [-0.15, -0.1) is 11.3 Å². The molecule has 1 aliphatic heterocycles. The molecular formula is C22H28N4O4S. The predicted octanol–water partition coefficient (Wildman–Crippen LogP) is 3.46. The molecule has 2 unspecified atom stereocenters. The van der Waals surface area contributed by atoms with Gasteiger partial charge >= 0.3 is 6.03 Å². The van der Waals surface area contributed by atoms with Gasteiger partial charge in [0.1, 0.15) is 23.5 Å². The summed E-state index contributed by atoms with van der Waals surface area (Å²) in [7, 11) is 0. The molecule has 9 heteroatoms. The first-order valence-electron chi connectivity index (χ1n) is 10.5. The molecule has 0 radical (unpaired) electrons. The lowest BCUT2D eigenvalue weighted by Crippen LogP contribution is -2.54. The molecular weight excluding hydrogens is 416 g/mol. The lowest BCUT2D eigenvalue weighted by molar-refractivity contribution is -0.137. The first-order chi connectivity index (χ1) is 14.6. The molecule has 8 nitrogen and oxygen atoms in total. The predicted molar refractivity (Wildman–Crippen MR) is 116 cm³/mol. The molecule has 31 heavy (non-hydrogen) atoms. The summed E-state index contributed by atoms with van der Waals surface area (Å²) in [5.74, 6) is 0.818. The number of furan rings is 1. The Bertz CT molecular complexity index is 1030. The van der Waals surface area contributed by atoms with Crippen LogP contribution in [0.25, 0.3) is 11.5 Å². The minimum absolute atomic E-state index is 0.0499. The van der Waals surface area contributed by atoms with Gasteiger partial charge in [0.2, 0.25) is 5.91 Å². The maximum Gasteiger partial charge on any atom is 0.325 e. The van der Waals surface area contributed by atoms with E-state index in [1.54, 1.807) is 6.07 Å². The maximum atomic E-state index is 13.1. The molecule has 2 fully saturated rings. The van der Waals surface area contributed by atoms with Crippen LogP contribution < -0.4 is 10.6 Å². The smallest absolute Gasteiger partial charge is 0.325 e. The van der Waals surface area contributed by atoms with E-state index >= 15 is 0 Å². The van der Waals surface area contributed by atoms with E-state index in [-0.39, 0.29) is 24.4 Å². The summed E-state index contributed by atoms with van der Waals surface area (Å²) in [5, 5.41) is 8.48. The van der Waals surface area contributed by atoms with Gasteiger partial charge in [0.05, 0.1) is 11.6 Å². The molecule has 1 saturated heterocycles. The quantitative estimate of drug-likeness (QED) is 0.687. The Morgan fingerprint density at radius 1 is 1.35 bits per heavy atom. The molecule has 4 amide bonds. The number of imide groups is 1. The van der Waals surface area contributed by atoms with Crippen LogP contribution in [-0.4, -0.2) is 39.8 Å². The van der Waals surface area contributed by atoms with E-state index in [0.717, 1.165) is 22.0 Å². The topological polar surface area (TPSA) is 105 Å². The van der Waals surface area contributed by atoms with Crippen molar-refractivity contribution in [3.63, 3.8) is 0 Å². The number of nitrogens with one attached hydrogen (secondary N) is 2. The van der Waals surface area contributed by atoms with Gasteiger partial charge < -0.3 is 15.1 Å². The maximum absolute atomic E-state index is 13.1. The number of aromatic nitrogens is 1. The van der Waals surface area contributed by atoms with E-state index in [1.165, 1.54) is 11.3 Å². The number of carbonyl (C=O) groups excluding carboxylic acids is 3. The Kier molecular flexibility index (Phi) is 5.41. The van der Waals surface area contributed by atoms with Crippen molar-refractivity contribution < 1.29 is 18.8 Å². The molecule has 0 bridgehead atoms. The van der Waals surface area contributed by atoms with Crippen LogP contribution in [0.1, 0.15) is 50.8 Å². The third-order valence-electron chi connectivity index (χ3n) is 5.92. The molecule has 2 N–H and O–H groups in total. The van der Waals surface area contributed by atoms with Gasteiger partial charge in [0.15, 0.2) is 5.76 Å². The van der Waals surface area contributed by atoms with Crippen LogP contribution in [0.5, 0.6) is 0 Å². The fourth-order valence-corrected chi connectivity index (χ4v) is 5.72. The van der Waals surface area contributed by atoms with Crippen molar-refractivity contribution in [2.45, 2.75) is 59.0 Å². The van der Waals surface area contributed by atoms with Gasteiger partial charge in [-0.2, -0.15) is 0 Å². The first-order valence-corrected chi connectivity index (χ1v) is 11.4. The number of urea groups is 1. The average Bonchev–Trinajstić information content (AvgIpc) is 3.34. The van der Waals surface area contributed by atoms with Crippen molar-refractivity contribution in [1.82, 2.24) is 20.5 Å². The standard InChI is InChI=1S/C22H28N4O4S/c1-13-7-21(3,4)12-22(8-13)19(28)26(20(29)25-22)10-18(27)23-9-15-5-6-17(30-15)16-11-31-14(2)24-16/h5-6,11,13H,7-10,12H2,1-4H3,(H,23,27)(H,25,29). The van der Waals surface area contributed by atoms with E-state index in [4.69, 9.17) is 4.42 Å². The molecule has 3 heterocycles. The summed E-state index contributed by atoms with van der Waals surface area (Å²) >= 11 is 1.54. The molecule has 2 atom stereocenters. The van der Waals surface area contributed by atoms with Crippen LogP contribution in [-0.2, 0) is 16.1 Å². The zero-order valence-corrected chi connectivity index (χ0v) is 19.1. The van der Waals surface area contributed by atoms with Crippen LogP contribution in [0.15, 0.2) is 21.9 Å². The van der Waals surface area contributed by atoms with E-state index in [0.29, 0.717) is 30.3 Å². The molecule has 0 aromatic carbocycles. The first kappa shape index (κ1) is 21.5. The zero-order valence-electron chi connectivity index (χ0n) is 18.3. The van der Waals surface area contributed by atoms with Crippen LogP contribution in [0.4, 0.5) is 4.79 Å². The summed E-state index contributed by atoms with van der Waals surface area (Å²) in [5.41, 5.74) is -0.194. The zero-order chi connectivity index (χ0) is 22.4. The molecule has 1 saturated carbocycles. The third-order valence-corrected chi connectivity index (χ3v) is 6.69. The van der Waals surface area contributed by atoms with Crippen LogP contribution in [0, 0.1) is 18.3 Å². The number of rotatable bonds is 5.